The average Bonchev–Trinajstić information content (AvgIpc) is 3.41. The summed E-state index contributed by atoms with van der Waals surface area (Å²) >= 11 is 6.10. The van der Waals surface area contributed by atoms with Crippen molar-refractivity contribution in [2.45, 2.75) is 69.2 Å². The van der Waals surface area contributed by atoms with Gasteiger partial charge in [-0.3, -0.25) is 9.69 Å². The number of nitrogens with zero attached hydrogens (tertiary/aromatic N) is 5. The maximum absolute atomic E-state index is 12.8. The number of carbonyl (C=O) groups is 1. The molecule has 3 heterocycles. The van der Waals surface area contributed by atoms with Gasteiger partial charge in [0.05, 0.1) is 22.8 Å². The van der Waals surface area contributed by atoms with Crippen LogP contribution in [0.5, 0.6) is 5.75 Å². The van der Waals surface area contributed by atoms with Gasteiger partial charge in [-0.1, -0.05) is 11.6 Å². The zero-order valence-electron chi connectivity index (χ0n) is 20.9. The fourth-order valence-corrected chi connectivity index (χ4v) is 5.76. The molecule has 2 aliphatic heterocycles. The standard InChI is InChI=1S/C27H33ClN6O3/c28-24-15-23(4-1-18(24)16-29)37-22-5-2-19(3-6-22)30-27(36)25-7-8-26(32-31-25)34-12-9-20(17-34)33-13-10-21(35)11-14-33/h1,4,7-8,15,19-22,35H,2-3,5-6,9-14,17H2,(H,30,36)/t19?,20-,22?/m1/s1. The van der Waals surface area contributed by atoms with Gasteiger partial charge in [0.15, 0.2) is 11.5 Å². The lowest BCUT2D eigenvalue weighted by Gasteiger charge is -2.34. The van der Waals surface area contributed by atoms with Crippen molar-refractivity contribution in [2.24, 2.45) is 0 Å². The molecule has 9 nitrogen and oxygen atoms in total. The van der Waals surface area contributed by atoms with Crippen LogP contribution >= 0.6 is 11.6 Å². The highest BCUT2D eigenvalue weighted by atomic mass is 35.5. The largest absolute Gasteiger partial charge is 0.490 e. The quantitative estimate of drug-likeness (QED) is 0.592. The van der Waals surface area contributed by atoms with Crippen molar-refractivity contribution in [3.05, 3.63) is 46.6 Å². The van der Waals surface area contributed by atoms with E-state index in [2.05, 4.69) is 25.3 Å². The highest BCUT2D eigenvalue weighted by Crippen LogP contribution is 2.28. The third-order valence-corrected chi connectivity index (χ3v) is 8.07. The molecule has 0 unspecified atom stereocenters. The predicted octanol–water partition coefficient (Wildman–Crippen LogP) is 3.16. The Balaban J connectivity index is 1.07. The Morgan fingerprint density at radius 1 is 1.05 bits per heavy atom. The summed E-state index contributed by atoms with van der Waals surface area (Å²) in [5.74, 6) is 1.26. The van der Waals surface area contributed by atoms with Crippen molar-refractivity contribution in [1.82, 2.24) is 20.4 Å². The number of anilines is 1. The van der Waals surface area contributed by atoms with Crippen LogP contribution in [0.3, 0.4) is 0 Å². The molecule has 1 amide bonds. The lowest BCUT2D eigenvalue weighted by atomic mass is 9.93. The number of aliphatic hydroxyl groups is 1. The number of benzene rings is 1. The highest BCUT2D eigenvalue weighted by molar-refractivity contribution is 6.31. The van der Waals surface area contributed by atoms with E-state index in [1.807, 2.05) is 12.1 Å². The van der Waals surface area contributed by atoms with Crippen LogP contribution in [-0.2, 0) is 0 Å². The second-order valence-corrected chi connectivity index (χ2v) is 10.7. The number of amides is 1. The number of nitriles is 1. The third-order valence-electron chi connectivity index (χ3n) is 7.76. The minimum absolute atomic E-state index is 0.0514. The first-order valence-corrected chi connectivity index (χ1v) is 13.5. The van der Waals surface area contributed by atoms with Crippen LogP contribution in [0, 0.1) is 11.3 Å². The van der Waals surface area contributed by atoms with Crippen molar-refractivity contribution in [2.75, 3.05) is 31.1 Å². The number of hydrogen-bond acceptors (Lipinski definition) is 8. The number of aliphatic hydroxyl groups excluding tert-OH is 1. The van der Waals surface area contributed by atoms with E-state index in [0.717, 1.165) is 76.9 Å². The number of aromatic nitrogens is 2. The molecule has 3 aliphatic rings. The fraction of sp³-hybridized carbons (Fsp3) is 0.556. The second-order valence-electron chi connectivity index (χ2n) is 10.3. The molecule has 1 aliphatic carbocycles. The van der Waals surface area contributed by atoms with Crippen LogP contribution in [0.4, 0.5) is 5.82 Å². The van der Waals surface area contributed by atoms with E-state index in [0.29, 0.717) is 28.1 Å². The van der Waals surface area contributed by atoms with Crippen LogP contribution in [0.25, 0.3) is 0 Å². The summed E-state index contributed by atoms with van der Waals surface area (Å²) in [7, 11) is 0. The number of likely N-dealkylation sites (tertiary alicyclic amines) is 1. The highest BCUT2D eigenvalue weighted by Gasteiger charge is 2.31. The number of rotatable bonds is 6. The molecule has 1 atom stereocenters. The first-order valence-electron chi connectivity index (χ1n) is 13.2. The molecule has 1 aromatic carbocycles. The number of ether oxygens (including phenoxy) is 1. The summed E-state index contributed by atoms with van der Waals surface area (Å²) in [6.07, 6.45) is 5.93. The zero-order chi connectivity index (χ0) is 25.8. The number of nitrogens with one attached hydrogen (secondary N) is 1. The summed E-state index contributed by atoms with van der Waals surface area (Å²) in [4.78, 5) is 17.5. The van der Waals surface area contributed by atoms with Crippen LogP contribution in [-0.4, -0.2) is 76.6 Å². The molecule has 0 bridgehead atoms. The molecule has 10 heteroatoms. The van der Waals surface area contributed by atoms with Crippen molar-refractivity contribution >= 4 is 23.3 Å². The number of piperidine rings is 1. The Kier molecular flexibility index (Phi) is 8.08. The molecular formula is C27H33ClN6O3. The minimum atomic E-state index is -0.200. The van der Waals surface area contributed by atoms with Gasteiger partial charge in [0.25, 0.3) is 5.91 Å². The van der Waals surface area contributed by atoms with Gasteiger partial charge in [-0.15, -0.1) is 10.2 Å². The first kappa shape index (κ1) is 25.7. The molecule has 2 saturated heterocycles. The Labute approximate surface area is 222 Å². The Morgan fingerprint density at radius 3 is 2.51 bits per heavy atom. The van der Waals surface area contributed by atoms with Gasteiger partial charge in [-0.05, 0) is 69.2 Å². The second kappa shape index (κ2) is 11.6. The topological polar surface area (TPSA) is 115 Å². The fourth-order valence-electron chi connectivity index (χ4n) is 5.55. The lowest BCUT2D eigenvalue weighted by molar-refractivity contribution is 0.0653. The number of halogens is 1. The molecule has 5 rings (SSSR count). The maximum atomic E-state index is 12.8. The van der Waals surface area contributed by atoms with Crippen molar-refractivity contribution in [1.29, 1.82) is 5.26 Å². The molecule has 37 heavy (non-hydrogen) atoms. The molecule has 2 N–H and O–H groups in total. The van der Waals surface area contributed by atoms with Gasteiger partial charge in [0.2, 0.25) is 0 Å². The number of carbonyl (C=O) groups excluding carboxylic acids is 1. The van der Waals surface area contributed by atoms with Crippen molar-refractivity contribution in [3.8, 4) is 11.8 Å². The van der Waals surface area contributed by atoms with E-state index >= 15 is 0 Å². The number of hydrogen-bond donors (Lipinski definition) is 2. The third kappa shape index (κ3) is 6.32. The van der Waals surface area contributed by atoms with Gasteiger partial charge in [0.1, 0.15) is 11.8 Å². The summed E-state index contributed by atoms with van der Waals surface area (Å²) in [6, 6.07) is 11.3. The van der Waals surface area contributed by atoms with E-state index in [9.17, 15) is 9.90 Å². The first-order chi connectivity index (χ1) is 18.0. The Bertz CT molecular complexity index is 1120. The predicted molar refractivity (Wildman–Crippen MR) is 140 cm³/mol. The molecule has 1 saturated carbocycles. The molecule has 196 valence electrons. The summed E-state index contributed by atoms with van der Waals surface area (Å²) in [5.41, 5.74) is 0.760. The van der Waals surface area contributed by atoms with Crippen LogP contribution in [0.15, 0.2) is 30.3 Å². The van der Waals surface area contributed by atoms with Gasteiger partial charge in [0, 0.05) is 44.3 Å². The molecule has 0 radical (unpaired) electrons. The summed E-state index contributed by atoms with van der Waals surface area (Å²) in [6.45, 7) is 3.71. The van der Waals surface area contributed by atoms with E-state index in [1.165, 1.54) is 0 Å². The Hall–Kier alpha value is -2.93. The van der Waals surface area contributed by atoms with E-state index in [-0.39, 0.29) is 24.2 Å². The summed E-state index contributed by atoms with van der Waals surface area (Å²) in [5, 5.41) is 30.8. The average molecular weight is 525 g/mol. The van der Waals surface area contributed by atoms with Gasteiger partial charge in [-0.25, -0.2) is 0 Å². The van der Waals surface area contributed by atoms with Crippen molar-refractivity contribution in [3.63, 3.8) is 0 Å². The lowest BCUT2D eigenvalue weighted by Crippen LogP contribution is -2.44. The van der Waals surface area contributed by atoms with Gasteiger partial charge in [-0.2, -0.15) is 5.26 Å². The molecule has 3 fully saturated rings. The molecule has 1 aromatic heterocycles. The molecule has 2 aromatic rings. The maximum Gasteiger partial charge on any atom is 0.272 e. The zero-order valence-corrected chi connectivity index (χ0v) is 21.6. The SMILES string of the molecule is N#Cc1ccc(OC2CCC(NC(=O)c3ccc(N4CC[C@@H](N5CCC(O)CC5)C4)nn3)CC2)cc1Cl. The van der Waals surface area contributed by atoms with Crippen LogP contribution in [0.1, 0.15) is 61.0 Å². The van der Waals surface area contributed by atoms with E-state index < -0.39 is 0 Å². The normalized spacial score (nSPS) is 25.0. The van der Waals surface area contributed by atoms with Crippen molar-refractivity contribution < 1.29 is 14.6 Å². The van der Waals surface area contributed by atoms with E-state index in [1.54, 1.807) is 24.3 Å². The molecular weight excluding hydrogens is 492 g/mol. The Morgan fingerprint density at radius 2 is 1.84 bits per heavy atom. The van der Waals surface area contributed by atoms with E-state index in [4.69, 9.17) is 21.6 Å². The molecule has 0 spiro atoms. The van der Waals surface area contributed by atoms with Gasteiger partial charge >= 0.3 is 0 Å². The van der Waals surface area contributed by atoms with Gasteiger partial charge < -0.3 is 20.1 Å². The minimum Gasteiger partial charge on any atom is -0.490 e. The van der Waals surface area contributed by atoms with Crippen LogP contribution < -0.4 is 15.0 Å². The van der Waals surface area contributed by atoms with Crippen LogP contribution in [0.2, 0.25) is 5.02 Å². The monoisotopic (exact) mass is 524 g/mol. The summed E-state index contributed by atoms with van der Waals surface area (Å²) < 4.78 is 6.04. The smallest absolute Gasteiger partial charge is 0.272 e.